The first-order chi connectivity index (χ1) is 19.9. The van der Waals surface area contributed by atoms with Gasteiger partial charge in [0.1, 0.15) is 25.4 Å². The number of nitrogens with one attached hydrogen (secondary N) is 2. The molecule has 10 heteroatoms. The molecule has 2 aromatic heterocycles. The van der Waals surface area contributed by atoms with Crippen molar-refractivity contribution < 1.29 is 4.39 Å². The van der Waals surface area contributed by atoms with Crippen LogP contribution in [0.4, 0.5) is 15.8 Å². The minimum absolute atomic E-state index is 0.187. The fourth-order valence-electron chi connectivity index (χ4n) is 4.96. The molecule has 7 nitrogen and oxygen atoms in total. The van der Waals surface area contributed by atoms with Gasteiger partial charge in [0.25, 0.3) is 0 Å². The average molecular weight is 562 g/mol. The maximum Gasteiger partial charge on any atom is 0.123 e. The molecule has 5 aromatic rings. The highest BCUT2D eigenvalue weighted by atomic mass is 35.5. The second-order valence-electron chi connectivity index (χ2n) is 10.5. The smallest absolute Gasteiger partial charge is 0.123 e. The molecule has 0 spiro atoms. The highest BCUT2D eigenvalue weighted by Gasteiger charge is 2.34. The normalized spacial score (nSPS) is 15.2. The van der Waals surface area contributed by atoms with Crippen molar-refractivity contribution in [3.05, 3.63) is 112 Å². The molecule has 2 N–H and O–H groups in total. The molecule has 0 saturated heterocycles. The maximum absolute atomic E-state index is 13.9. The third-order valence-electron chi connectivity index (χ3n) is 7.48. The average Bonchev–Trinajstić information content (AvgIpc) is 3.71. The van der Waals surface area contributed by atoms with Crippen molar-refractivity contribution in [3.8, 4) is 6.07 Å². The van der Waals surface area contributed by atoms with Crippen LogP contribution in [-0.4, -0.2) is 34.4 Å². The van der Waals surface area contributed by atoms with Crippen LogP contribution >= 0.6 is 11.6 Å². The fraction of sp³-hybridized carbons (Fsp3) is 0.226. The summed E-state index contributed by atoms with van der Waals surface area (Å²) in [6, 6.07) is 22.3. The van der Waals surface area contributed by atoms with Crippen LogP contribution in [0.1, 0.15) is 54.1 Å². The summed E-state index contributed by atoms with van der Waals surface area (Å²) in [5.74, 6) is -0.186. The van der Waals surface area contributed by atoms with E-state index in [2.05, 4.69) is 51.1 Å². The molecule has 3 aromatic carbocycles. The van der Waals surface area contributed by atoms with E-state index in [1.165, 1.54) is 23.9 Å². The Balaban J connectivity index is 1.40. The van der Waals surface area contributed by atoms with Gasteiger partial charge < -0.3 is 10.6 Å². The van der Waals surface area contributed by atoms with E-state index < -0.39 is 5.44 Å². The number of hydrogen-bond acceptors (Lipinski definition) is 6. The molecular weight excluding hydrogens is 536 g/mol. The molecule has 202 valence electrons. The van der Waals surface area contributed by atoms with E-state index in [1.54, 1.807) is 18.2 Å². The van der Waals surface area contributed by atoms with Gasteiger partial charge in [-0.1, -0.05) is 66.2 Å². The van der Waals surface area contributed by atoms with Crippen LogP contribution in [0, 0.1) is 17.1 Å². The number of hydrogen-bond donors (Lipinski definition) is 2. The molecular formula is C31H26BClFN7. The predicted molar refractivity (Wildman–Crippen MR) is 160 cm³/mol. The number of anilines is 2. The summed E-state index contributed by atoms with van der Waals surface area (Å²) < 4.78 is 15.7. The van der Waals surface area contributed by atoms with Gasteiger partial charge in [0.2, 0.25) is 0 Å². The molecule has 2 atom stereocenters. The molecule has 1 saturated carbocycles. The standard InChI is InChI=1S/C31H26BClFN7/c1-19(20-5-3-2-4-6-20)16-36-29-21(15-35)17-37-30-26(29)13-24(14-27(30)33)38-31(32,22-7-9-23(34)10-8-22)28-18-41(40-39-28)25-11-12-25/h2-10,13-14,17-19,25,38H,11-12,16H2,1H3,(H,36,37)/t19-,31?/m1/s1. The molecule has 0 bridgehead atoms. The minimum atomic E-state index is -1.35. The molecule has 0 amide bonds. The summed E-state index contributed by atoms with van der Waals surface area (Å²) in [6.45, 7) is 2.71. The Bertz CT molecular complexity index is 1750. The summed E-state index contributed by atoms with van der Waals surface area (Å²) in [5.41, 5.74) is 3.06. The minimum Gasteiger partial charge on any atom is -0.383 e. The topological polar surface area (TPSA) is 91.5 Å². The van der Waals surface area contributed by atoms with E-state index in [0.29, 0.717) is 56.7 Å². The van der Waals surface area contributed by atoms with Gasteiger partial charge in [-0.15, -0.1) is 5.10 Å². The van der Waals surface area contributed by atoms with Gasteiger partial charge in [0.15, 0.2) is 0 Å². The van der Waals surface area contributed by atoms with Crippen molar-refractivity contribution in [2.24, 2.45) is 0 Å². The van der Waals surface area contributed by atoms with E-state index in [4.69, 9.17) is 19.4 Å². The van der Waals surface area contributed by atoms with Gasteiger partial charge in [0.05, 0.1) is 39.5 Å². The van der Waals surface area contributed by atoms with Crippen LogP contribution in [-0.2, 0) is 5.44 Å². The van der Waals surface area contributed by atoms with Crippen LogP contribution in [0.3, 0.4) is 0 Å². The quantitative estimate of drug-likeness (QED) is 0.199. The molecule has 2 heterocycles. The van der Waals surface area contributed by atoms with Gasteiger partial charge in [-0.3, -0.25) is 4.98 Å². The largest absolute Gasteiger partial charge is 0.383 e. The molecule has 41 heavy (non-hydrogen) atoms. The lowest BCUT2D eigenvalue weighted by molar-refractivity contribution is 0.610. The number of nitriles is 1. The summed E-state index contributed by atoms with van der Waals surface area (Å²) in [5, 5.41) is 26.5. The zero-order valence-electron chi connectivity index (χ0n) is 22.4. The monoisotopic (exact) mass is 561 g/mol. The predicted octanol–water partition coefficient (Wildman–Crippen LogP) is 6.52. The maximum atomic E-state index is 13.9. The Labute approximate surface area is 243 Å². The zero-order chi connectivity index (χ0) is 28.6. The Morgan fingerprint density at radius 2 is 1.93 bits per heavy atom. The molecule has 1 aliphatic rings. The van der Waals surface area contributed by atoms with Crippen molar-refractivity contribution in [2.75, 3.05) is 17.2 Å². The Kier molecular flexibility index (Phi) is 7.10. The van der Waals surface area contributed by atoms with Crippen LogP contribution in [0.5, 0.6) is 0 Å². The SMILES string of the molecule is [B]C(Nc1cc(Cl)c2ncc(C#N)c(NC[C@@H](C)c3ccccc3)c2c1)(c1ccc(F)cc1)c1cn(C2CC2)nn1. The third kappa shape index (κ3) is 5.35. The lowest BCUT2D eigenvalue weighted by Crippen LogP contribution is -2.37. The van der Waals surface area contributed by atoms with Crippen molar-refractivity contribution in [1.29, 1.82) is 5.26 Å². The van der Waals surface area contributed by atoms with Gasteiger partial charge in [-0.05, 0) is 54.2 Å². The number of benzene rings is 3. The van der Waals surface area contributed by atoms with Crippen LogP contribution in [0.2, 0.25) is 5.02 Å². The molecule has 2 radical (unpaired) electrons. The van der Waals surface area contributed by atoms with Crippen molar-refractivity contribution >= 4 is 41.7 Å². The first-order valence-electron chi connectivity index (χ1n) is 13.4. The van der Waals surface area contributed by atoms with Gasteiger partial charge in [-0.2, -0.15) is 5.26 Å². The Morgan fingerprint density at radius 1 is 1.17 bits per heavy atom. The molecule has 1 aliphatic carbocycles. The van der Waals surface area contributed by atoms with Crippen molar-refractivity contribution in [2.45, 2.75) is 37.2 Å². The fourth-order valence-corrected chi connectivity index (χ4v) is 5.23. The van der Waals surface area contributed by atoms with E-state index in [-0.39, 0.29) is 11.7 Å². The second-order valence-corrected chi connectivity index (χ2v) is 10.9. The summed E-state index contributed by atoms with van der Waals surface area (Å²) >= 11 is 6.75. The van der Waals surface area contributed by atoms with Crippen LogP contribution in [0.15, 0.2) is 79.1 Å². The van der Waals surface area contributed by atoms with Crippen molar-refractivity contribution in [1.82, 2.24) is 20.0 Å². The van der Waals surface area contributed by atoms with Crippen LogP contribution < -0.4 is 10.6 Å². The first kappa shape index (κ1) is 26.8. The van der Waals surface area contributed by atoms with E-state index in [9.17, 15) is 9.65 Å². The van der Waals surface area contributed by atoms with Crippen LogP contribution in [0.25, 0.3) is 10.9 Å². The Hall–Kier alpha value is -4.42. The number of rotatable bonds is 9. The van der Waals surface area contributed by atoms with Gasteiger partial charge in [-0.25, -0.2) is 9.07 Å². The highest BCUT2D eigenvalue weighted by molar-refractivity contribution is 6.36. The number of aromatic nitrogens is 4. The van der Waals surface area contributed by atoms with Crippen molar-refractivity contribution in [3.63, 3.8) is 0 Å². The highest BCUT2D eigenvalue weighted by Crippen LogP contribution is 2.38. The number of halogens is 2. The summed E-state index contributed by atoms with van der Waals surface area (Å²) in [6.07, 6.45) is 5.43. The van der Waals surface area contributed by atoms with Gasteiger partial charge >= 0.3 is 0 Å². The number of nitrogens with zero attached hydrogens (tertiary/aromatic N) is 5. The molecule has 6 rings (SSSR count). The summed E-state index contributed by atoms with van der Waals surface area (Å²) in [4.78, 5) is 4.47. The van der Waals surface area contributed by atoms with E-state index >= 15 is 0 Å². The summed E-state index contributed by atoms with van der Waals surface area (Å²) in [7, 11) is 7.03. The lowest BCUT2D eigenvalue weighted by Gasteiger charge is -2.32. The zero-order valence-corrected chi connectivity index (χ0v) is 23.1. The molecule has 1 fully saturated rings. The number of pyridine rings is 1. The molecule has 1 unspecified atom stereocenters. The second kappa shape index (κ2) is 10.9. The molecule has 0 aliphatic heterocycles. The Morgan fingerprint density at radius 3 is 2.63 bits per heavy atom. The van der Waals surface area contributed by atoms with E-state index in [0.717, 1.165) is 12.8 Å². The number of fused-ring (bicyclic) bond motifs is 1. The van der Waals surface area contributed by atoms with Gasteiger partial charge in [0, 0.05) is 23.8 Å². The first-order valence-corrected chi connectivity index (χ1v) is 13.8. The lowest BCUT2D eigenvalue weighted by atomic mass is 9.69. The van der Waals surface area contributed by atoms with E-state index in [1.807, 2.05) is 35.1 Å². The third-order valence-corrected chi connectivity index (χ3v) is 7.76.